The van der Waals surface area contributed by atoms with Crippen LogP contribution in [0.5, 0.6) is 0 Å². The van der Waals surface area contributed by atoms with Gasteiger partial charge in [0.05, 0.1) is 112 Å². The lowest BCUT2D eigenvalue weighted by atomic mass is 10.1. The maximum absolute atomic E-state index is 11.8. The topological polar surface area (TPSA) is 109 Å². The fourth-order valence-corrected chi connectivity index (χ4v) is 5.60. The molecule has 54 heavy (non-hydrogen) atoms. The minimum absolute atomic E-state index is 0.132. The van der Waals surface area contributed by atoms with E-state index in [2.05, 4.69) is 13.8 Å². The Balaban J connectivity index is 3.10. The molecular weight excluding hydrogens is 692 g/mol. The van der Waals surface area contributed by atoms with Gasteiger partial charge in [-0.2, -0.15) is 0 Å². The number of ether oxygens (including phenoxy) is 10. The van der Waals surface area contributed by atoms with Crippen molar-refractivity contribution in [2.75, 3.05) is 126 Å². The van der Waals surface area contributed by atoms with E-state index in [1.165, 1.54) is 109 Å². The van der Waals surface area contributed by atoms with Crippen LogP contribution in [0.2, 0.25) is 0 Å². The van der Waals surface area contributed by atoms with Gasteiger partial charge in [0.25, 0.3) is 0 Å². The molecule has 0 aliphatic rings. The third kappa shape index (κ3) is 49.1. The number of carbonyl (C=O) groups excluding carboxylic acids is 1. The Kier molecular flexibility index (Phi) is 49.3. The molecule has 0 spiro atoms. The van der Waals surface area contributed by atoms with Gasteiger partial charge in [0, 0.05) is 13.0 Å². The first-order valence-electron chi connectivity index (χ1n) is 22.2. The molecule has 0 aliphatic heterocycles. The predicted octanol–water partition coefficient (Wildman–Crippen LogP) is 8.91. The fraction of sp³-hybridized carbons (Fsp3) is 0.977. The maximum atomic E-state index is 11.8. The van der Waals surface area contributed by atoms with E-state index in [0.29, 0.717) is 125 Å². The Labute approximate surface area is 331 Å². The molecule has 0 aromatic carbocycles. The highest BCUT2D eigenvalue weighted by Crippen LogP contribution is 2.12. The number of esters is 1. The van der Waals surface area contributed by atoms with Crippen molar-refractivity contribution in [3.8, 4) is 0 Å². The normalized spacial score (nSPS) is 11.5. The van der Waals surface area contributed by atoms with Gasteiger partial charge < -0.3 is 47.4 Å². The Hall–Kier alpha value is -0.890. The van der Waals surface area contributed by atoms with Crippen molar-refractivity contribution in [3.05, 3.63) is 0 Å². The van der Waals surface area contributed by atoms with Crippen LogP contribution in [0, 0.1) is 0 Å². The van der Waals surface area contributed by atoms with Gasteiger partial charge in [0.2, 0.25) is 0 Å². The molecule has 0 N–H and O–H groups in total. The molecule has 0 rings (SSSR count). The molecule has 0 bridgehead atoms. The van der Waals surface area contributed by atoms with Crippen LogP contribution in [-0.2, 0) is 52.2 Å². The van der Waals surface area contributed by atoms with Gasteiger partial charge in [0.1, 0.15) is 6.61 Å². The van der Waals surface area contributed by atoms with Crippen LogP contribution in [0.15, 0.2) is 0 Å². The zero-order valence-corrected chi connectivity index (χ0v) is 35.3. The summed E-state index contributed by atoms with van der Waals surface area (Å²) >= 11 is 0. The van der Waals surface area contributed by atoms with Crippen LogP contribution in [-0.4, -0.2) is 132 Å². The maximum Gasteiger partial charge on any atom is 0.305 e. The van der Waals surface area contributed by atoms with Crippen molar-refractivity contribution >= 4 is 5.97 Å². The Morgan fingerprint density at radius 1 is 0.259 bits per heavy atom. The lowest BCUT2D eigenvalue weighted by Crippen LogP contribution is -2.15. The minimum atomic E-state index is -0.132. The molecule has 0 aromatic rings. The molecule has 0 radical (unpaired) electrons. The molecule has 0 aromatic heterocycles. The molecule has 0 saturated heterocycles. The molecule has 0 aliphatic carbocycles. The molecule has 324 valence electrons. The van der Waals surface area contributed by atoms with E-state index in [4.69, 9.17) is 47.4 Å². The predicted molar refractivity (Wildman–Crippen MR) is 217 cm³/mol. The monoisotopic (exact) mass is 779 g/mol. The van der Waals surface area contributed by atoms with Crippen molar-refractivity contribution in [2.24, 2.45) is 0 Å². The summed E-state index contributed by atoms with van der Waals surface area (Å²) < 4.78 is 55.0. The zero-order valence-electron chi connectivity index (χ0n) is 35.3. The fourth-order valence-electron chi connectivity index (χ4n) is 5.60. The van der Waals surface area contributed by atoms with Gasteiger partial charge in [-0.25, -0.2) is 0 Å². The van der Waals surface area contributed by atoms with E-state index in [9.17, 15) is 4.79 Å². The van der Waals surface area contributed by atoms with Crippen molar-refractivity contribution in [3.63, 3.8) is 0 Å². The van der Waals surface area contributed by atoms with E-state index in [-0.39, 0.29) is 5.97 Å². The molecule has 0 unspecified atom stereocenters. The largest absolute Gasteiger partial charge is 0.463 e. The van der Waals surface area contributed by atoms with Crippen LogP contribution in [0.3, 0.4) is 0 Å². The lowest BCUT2D eigenvalue weighted by Gasteiger charge is -2.09. The van der Waals surface area contributed by atoms with Crippen molar-refractivity contribution in [2.45, 2.75) is 149 Å². The second-order valence-corrected chi connectivity index (χ2v) is 13.8. The highest BCUT2D eigenvalue weighted by Gasteiger charge is 2.03. The van der Waals surface area contributed by atoms with Gasteiger partial charge in [-0.15, -0.1) is 0 Å². The van der Waals surface area contributed by atoms with Crippen molar-refractivity contribution in [1.29, 1.82) is 0 Å². The van der Waals surface area contributed by atoms with Crippen LogP contribution >= 0.6 is 0 Å². The second-order valence-electron chi connectivity index (χ2n) is 13.8. The standard InChI is InChI=1S/C43H86O11/c1-3-5-7-9-11-13-14-16-18-20-22-24-45-25-26-46-27-28-47-29-30-48-31-32-49-33-34-50-35-36-51-37-38-52-39-40-53-41-42-54-43(44)23-21-19-17-15-12-10-8-6-4-2/h3-42H2,1-2H3. The summed E-state index contributed by atoms with van der Waals surface area (Å²) in [5, 5.41) is 0. The minimum Gasteiger partial charge on any atom is -0.463 e. The molecule has 0 amide bonds. The van der Waals surface area contributed by atoms with E-state index >= 15 is 0 Å². The first-order valence-corrected chi connectivity index (χ1v) is 22.2. The van der Waals surface area contributed by atoms with Crippen LogP contribution in [0.25, 0.3) is 0 Å². The molecule has 0 saturated carbocycles. The van der Waals surface area contributed by atoms with E-state index in [1.54, 1.807) is 0 Å². The Bertz CT molecular complexity index is 686. The third-order valence-electron chi connectivity index (χ3n) is 8.84. The molecule has 0 atom stereocenters. The van der Waals surface area contributed by atoms with Gasteiger partial charge >= 0.3 is 5.97 Å². The quantitative estimate of drug-likeness (QED) is 0.0436. The van der Waals surface area contributed by atoms with Crippen LogP contribution in [0.4, 0.5) is 0 Å². The van der Waals surface area contributed by atoms with Gasteiger partial charge in [0.15, 0.2) is 0 Å². The van der Waals surface area contributed by atoms with Crippen LogP contribution < -0.4 is 0 Å². The number of hydrogen-bond donors (Lipinski definition) is 0. The highest BCUT2D eigenvalue weighted by atomic mass is 16.6. The third-order valence-corrected chi connectivity index (χ3v) is 8.84. The smallest absolute Gasteiger partial charge is 0.305 e. The molecular formula is C43H86O11. The molecule has 11 nitrogen and oxygen atoms in total. The zero-order chi connectivity index (χ0) is 38.9. The first-order chi connectivity index (χ1) is 26.8. The number of hydrogen-bond acceptors (Lipinski definition) is 11. The lowest BCUT2D eigenvalue weighted by molar-refractivity contribution is -0.145. The van der Waals surface area contributed by atoms with E-state index in [1.807, 2.05) is 0 Å². The second kappa shape index (κ2) is 50.1. The summed E-state index contributed by atoms with van der Waals surface area (Å²) in [7, 11) is 0. The SMILES string of the molecule is CCCCCCCCCCCCCOCCOCCOCCOCCOCCOCCOCCOCCOCCOC(=O)CCCCCCCCCCC. The average molecular weight is 779 g/mol. The van der Waals surface area contributed by atoms with Crippen molar-refractivity contribution in [1.82, 2.24) is 0 Å². The van der Waals surface area contributed by atoms with E-state index in [0.717, 1.165) is 25.9 Å². The summed E-state index contributed by atoms with van der Waals surface area (Å²) in [5.74, 6) is -0.132. The molecule has 11 heteroatoms. The van der Waals surface area contributed by atoms with Gasteiger partial charge in [-0.3, -0.25) is 4.79 Å². The summed E-state index contributed by atoms with van der Waals surface area (Å²) in [6, 6.07) is 0. The molecule has 0 heterocycles. The summed E-state index contributed by atoms with van der Waals surface area (Å²) in [6.45, 7) is 14.5. The Morgan fingerprint density at radius 3 is 0.778 bits per heavy atom. The Morgan fingerprint density at radius 2 is 0.481 bits per heavy atom. The van der Waals surface area contributed by atoms with Crippen LogP contribution in [0.1, 0.15) is 149 Å². The van der Waals surface area contributed by atoms with Gasteiger partial charge in [-0.1, -0.05) is 129 Å². The summed E-state index contributed by atoms with van der Waals surface area (Å²) in [4.78, 5) is 11.8. The summed E-state index contributed by atoms with van der Waals surface area (Å²) in [6.07, 6.45) is 26.5. The number of unbranched alkanes of at least 4 members (excludes halogenated alkanes) is 18. The van der Waals surface area contributed by atoms with Crippen molar-refractivity contribution < 1.29 is 52.2 Å². The highest BCUT2D eigenvalue weighted by molar-refractivity contribution is 5.69. The first kappa shape index (κ1) is 53.1. The van der Waals surface area contributed by atoms with E-state index < -0.39 is 0 Å². The van der Waals surface area contributed by atoms with Gasteiger partial charge in [-0.05, 0) is 12.8 Å². The number of rotatable bonds is 49. The molecule has 0 fully saturated rings. The average Bonchev–Trinajstić information content (AvgIpc) is 3.18. The number of carbonyl (C=O) groups is 1. The summed E-state index contributed by atoms with van der Waals surface area (Å²) in [5.41, 5.74) is 0.